The highest BCUT2D eigenvalue weighted by Gasteiger charge is 2.22. The normalized spacial score (nSPS) is 16.4. The van der Waals surface area contributed by atoms with Gasteiger partial charge in [0.1, 0.15) is 0 Å². The Hall–Kier alpha value is -0.760. The Kier molecular flexibility index (Phi) is 9.66. The third-order valence-electron chi connectivity index (χ3n) is 3.55. The number of allylic oxidation sites excluding steroid dienone is 2. The van der Waals surface area contributed by atoms with Crippen LogP contribution in [0.4, 0.5) is 0 Å². The van der Waals surface area contributed by atoms with Crippen molar-refractivity contribution in [2.24, 2.45) is 11.7 Å². The molecule has 0 amide bonds. The van der Waals surface area contributed by atoms with Crippen molar-refractivity contribution < 1.29 is 4.74 Å². The van der Waals surface area contributed by atoms with E-state index >= 15 is 0 Å². The third kappa shape index (κ3) is 7.74. The molecule has 0 aliphatic rings. The zero-order valence-corrected chi connectivity index (χ0v) is 14.5. The van der Waals surface area contributed by atoms with Crippen LogP contribution in [-0.2, 0) is 4.74 Å². The molecule has 0 aliphatic heterocycles. The monoisotopic (exact) mass is 281 g/mol. The van der Waals surface area contributed by atoms with Gasteiger partial charge in [-0.25, -0.2) is 0 Å². The van der Waals surface area contributed by atoms with Gasteiger partial charge in [0.2, 0.25) is 0 Å². The van der Waals surface area contributed by atoms with Crippen LogP contribution in [0.25, 0.3) is 0 Å². The summed E-state index contributed by atoms with van der Waals surface area (Å²) in [7, 11) is 1.76. The van der Waals surface area contributed by atoms with E-state index in [1.165, 1.54) is 12.0 Å². The summed E-state index contributed by atoms with van der Waals surface area (Å²) in [5.41, 5.74) is 7.52. The quantitative estimate of drug-likeness (QED) is 0.441. The first-order valence-electron chi connectivity index (χ1n) is 8.11. The average Bonchev–Trinajstić information content (AvgIpc) is 2.39. The van der Waals surface area contributed by atoms with E-state index in [2.05, 4.69) is 46.8 Å². The van der Waals surface area contributed by atoms with Crippen LogP contribution in [0.1, 0.15) is 73.1 Å². The van der Waals surface area contributed by atoms with Crippen LogP contribution in [0.3, 0.4) is 0 Å². The fraction of sp³-hybridized carbons (Fsp3) is 0.778. The minimum Gasteiger partial charge on any atom is -0.501 e. The molecule has 0 radical (unpaired) electrons. The number of ether oxygens (including phenoxy) is 1. The maximum absolute atomic E-state index is 6.55. The predicted molar refractivity (Wildman–Crippen MR) is 89.7 cm³/mol. The van der Waals surface area contributed by atoms with Crippen molar-refractivity contribution >= 4 is 0 Å². The SMILES string of the molecule is CCC/C=C(\C=C(/CC(C)C)OC)C(C)(N)CCCC. The van der Waals surface area contributed by atoms with E-state index in [0.29, 0.717) is 5.92 Å². The lowest BCUT2D eigenvalue weighted by Crippen LogP contribution is -2.38. The molecular weight excluding hydrogens is 246 g/mol. The molecule has 2 nitrogen and oxygen atoms in total. The van der Waals surface area contributed by atoms with Gasteiger partial charge in [-0.05, 0) is 37.3 Å². The molecule has 2 N–H and O–H groups in total. The Bertz CT molecular complexity index is 313. The number of hydrogen-bond acceptors (Lipinski definition) is 2. The second-order valence-corrected chi connectivity index (χ2v) is 6.38. The molecule has 0 heterocycles. The minimum atomic E-state index is -0.258. The maximum Gasteiger partial charge on any atom is 0.0961 e. The Balaban J connectivity index is 5.18. The third-order valence-corrected chi connectivity index (χ3v) is 3.55. The average molecular weight is 281 g/mol. The first-order valence-corrected chi connectivity index (χ1v) is 8.11. The van der Waals surface area contributed by atoms with Gasteiger partial charge in [-0.15, -0.1) is 0 Å². The van der Waals surface area contributed by atoms with Crippen LogP contribution in [0, 0.1) is 5.92 Å². The van der Waals surface area contributed by atoms with Crippen molar-refractivity contribution in [2.45, 2.75) is 78.7 Å². The molecule has 0 fully saturated rings. The lowest BCUT2D eigenvalue weighted by molar-refractivity contribution is 0.264. The molecule has 1 unspecified atom stereocenters. The van der Waals surface area contributed by atoms with Gasteiger partial charge < -0.3 is 10.5 Å². The van der Waals surface area contributed by atoms with E-state index in [4.69, 9.17) is 10.5 Å². The molecule has 0 spiro atoms. The molecule has 1 atom stereocenters. The molecular formula is C18H35NO. The molecule has 2 heteroatoms. The molecule has 0 rings (SSSR count). The van der Waals surface area contributed by atoms with Crippen LogP contribution in [0.15, 0.2) is 23.5 Å². The van der Waals surface area contributed by atoms with E-state index in [0.717, 1.165) is 37.9 Å². The highest BCUT2D eigenvalue weighted by atomic mass is 16.5. The maximum atomic E-state index is 6.55. The van der Waals surface area contributed by atoms with Crippen LogP contribution >= 0.6 is 0 Å². The Labute approximate surface area is 126 Å². The summed E-state index contributed by atoms with van der Waals surface area (Å²) < 4.78 is 5.54. The number of methoxy groups -OCH3 is 1. The zero-order chi connectivity index (χ0) is 15.6. The molecule has 0 aromatic heterocycles. The summed E-state index contributed by atoms with van der Waals surface area (Å²) >= 11 is 0. The van der Waals surface area contributed by atoms with Crippen LogP contribution in [0.5, 0.6) is 0 Å². The van der Waals surface area contributed by atoms with Crippen molar-refractivity contribution in [3.8, 4) is 0 Å². The summed E-state index contributed by atoms with van der Waals surface area (Å²) in [5.74, 6) is 1.63. The van der Waals surface area contributed by atoms with Crippen molar-refractivity contribution in [3.63, 3.8) is 0 Å². The smallest absolute Gasteiger partial charge is 0.0961 e. The second-order valence-electron chi connectivity index (χ2n) is 6.38. The van der Waals surface area contributed by atoms with E-state index in [1.807, 2.05) is 0 Å². The van der Waals surface area contributed by atoms with Gasteiger partial charge in [0.15, 0.2) is 0 Å². The van der Waals surface area contributed by atoms with Gasteiger partial charge >= 0.3 is 0 Å². The van der Waals surface area contributed by atoms with Gasteiger partial charge in [-0.3, -0.25) is 0 Å². The molecule has 118 valence electrons. The molecule has 0 bridgehead atoms. The largest absolute Gasteiger partial charge is 0.501 e. The Morgan fingerprint density at radius 2 is 1.90 bits per heavy atom. The zero-order valence-electron chi connectivity index (χ0n) is 14.5. The van der Waals surface area contributed by atoms with Crippen LogP contribution < -0.4 is 5.73 Å². The summed E-state index contributed by atoms with van der Waals surface area (Å²) in [6, 6.07) is 0. The highest BCUT2D eigenvalue weighted by Crippen LogP contribution is 2.25. The highest BCUT2D eigenvalue weighted by molar-refractivity contribution is 5.31. The summed E-state index contributed by atoms with van der Waals surface area (Å²) in [4.78, 5) is 0. The molecule has 0 aromatic rings. The fourth-order valence-electron chi connectivity index (χ4n) is 2.22. The van der Waals surface area contributed by atoms with Gasteiger partial charge in [-0.2, -0.15) is 0 Å². The molecule has 20 heavy (non-hydrogen) atoms. The topological polar surface area (TPSA) is 35.2 Å². The second kappa shape index (κ2) is 10.0. The van der Waals surface area contributed by atoms with Crippen molar-refractivity contribution in [1.29, 1.82) is 0 Å². The Morgan fingerprint density at radius 3 is 2.35 bits per heavy atom. The van der Waals surface area contributed by atoms with E-state index in [-0.39, 0.29) is 5.54 Å². The molecule has 0 saturated carbocycles. The Morgan fingerprint density at radius 1 is 1.25 bits per heavy atom. The van der Waals surface area contributed by atoms with E-state index in [9.17, 15) is 0 Å². The standard InChI is InChI=1S/C18H35NO/c1-7-9-11-16(18(5,19)12-10-8-2)14-17(20-6)13-15(3)4/h11,14-15H,7-10,12-13,19H2,1-6H3/b16-11+,17-14+. The van der Waals surface area contributed by atoms with Gasteiger partial charge in [0.05, 0.1) is 12.9 Å². The summed E-state index contributed by atoms with van der Waals surface area (Å²) in [6.45, 7) is 11.0. The van der Waals surface area contributed by atoms with Gasteiger partial charge in [0, 0.05) is 12.0 Å². The lowest BCUT2D eigenvalue weighted by Gasteiger charge is -2.27. The lowest BCUT2D eigenvalue weighted by atomic mass is 9.85. The number of rotatable bonds is 10. The van der Waals surface area contributed by atoms with E-state index < -0.39 is 0 Å². The van der Waals surface area contributed by atoms with Crippen LogP contribution in [-0.4, -0.2) is 12.6 Å². The summed E-state index contributed by atoms with van der Waals surface area (Å²) in [6.07, 6.45) is 11.0. The van der Waals surface area contributed by atoms with E-state index in [1.54, 1.807) is 7.11 Å². The first-order chi connectivity index (χ1) is 9.37. The number of hydrogen-bond donors (Lipinski definition) is 1. The first kappa shape index (κ1) is 19.2. The number of nitrogens with two attached hydrogens (primary N) is 1. The molecule has 0 aliphatic carbocycles. The van der Waals surface area contributed by atoms with Crippen molar-refractivity contribution in [3.05, 3.63) is 23.5 Å². The molecule has 0 saturated heterocycles. The van der Waals surface area contributed by atoms with Crippen LogP contribution in [0.2, 0.25) is 0 Å². The number of unbranched alkanes of at least 4 members (excludes halogenated alkanes) is 2. The molecule has 0 aromatic carbocycles. The predicted octanol–water partition coefficient (Wildman–Crippen LogP) is 5.20. The van der Waals surface area contributed by atoms with Crippen molar-refractivity contribution in [2.75, 3.05) is 7.11 Å². The van der Waals surface area contributed by atoms with Crippen molar-refractivity contribution in [1.82, 2.24) is 0 Å². The summed E-state index contributed by atoms with van der Waals surface area (Å²) in [5, 5.41) is 0. The van der Waals surface area contributed by atoms with Gasteiger partial charge in [0.25, 0.3) is 0 Å². The van der Waals surface area contributed by atoms with Gasteiger partial charge in [-0.1, -0.05) is 53.0 Å². The fourth-order valence-corrected chi connectivity index (χ4v) is 2.22. The minimum absolute atomic E-state index is 0.258.